The highest BCUT2D eigenvalue weighted by Gasteiger charge is 2.30. The minimum absolute atomic E-state index is 0.0750. The SMILES string of the molecule is CNC(=O)C(C)CN(C)C(=O)C(N)C(C)(C)C. The topological polar surface area (TPSA) is 75.4 Å². The van der Waals surface area contributed by atoms with Gasteiger partial charge in [-0.3, -0.25) is 9.59 Å². The van der Waals surface area contributed by atoms with Gasteiger partial charge in [0.15, 0.2) is 0 Å². The summed E-state index contributed by atoms with van der Waals surface area (Å²) in [6.07, 6.45) is 0. The molecule has 0 bridgehead atoms. The first kappa shape index (κ1) is 15.9. The monoisotopic (exact) mass is 243 g/mol. The number of nitrogens with zero attached hydrogens (tertiary/aromatic N) is 1. The lowest BCUT2D eigenvalue weighted by Crippen LogP contribution is -2.50. The van der Waals surface area contributed by atoms with Gasteiger partial charge in [-0.15, -0.1) is 0 Å². The van der Waals surface area contributed by atoms with E-state index in [4.69, 9.17) is 5.73 Å². The summed E-state index contributed by atoms with van der Waals surface area (Å²) in [5.41, 5.74) is 5.61. The fraction of sp³-hybridized carbons (Fsp3) is 0.833. The molecule has 0 aliphatic rings. The van der Waals surface area contributed by atoms with Crippen LogP contribution in [0.1, 0.15) is 27.7 Å². The molecule has 0 radical (unpaired) electrons. The van der Waals surface area contributed by atoms with Crippen LogP contribution < -0.4 is 11.1 Å². The number of rotatable bonds is 4. The van der Waals surface area contributed by atoms with Gasteiger partial charge in [-0.2, -0.15) is 0 Å². The van der Waals surface area contributed by atoms with E-state index in [1.54, 1.807) is 21.0 Å². The molecule has 0 aromatic carbocycles. The van der Waals surface area contributed by atoms with Gasteiger partial charge in [0.2, 0.25) is 11.8 Å². The van der Waals surface area contributed by atoms with Gasteiger partial charge in [-0.05, 0) is 5.41 Å². The fourth-order valence-corrected chi connectivity index (χ4v) is 1.44. The molecule has 3 N–H and O–H groups in total. The minimum atomic E-state index is -0.551. The zero-order valence-electron chi connectivity index (χ0n) is 11.7. The number of carbonyl (C=O) groups is 2. The molecule has 0 aliphatic carbocycles. The molecule has 0 heterocycles. The van der Waals surface area contributed by atoms with Crippen LogP contribution in [0.4, 0.5) is 0 Å². The van der Waals surface area contributed by atoms with Crippen molar-refractivity contribution in [2.75, 3.05) is 20.6 Å². The molecule has 0 fully saturated rings. The van der Waals surface area contributed by atoms with Crippen LogP contribution in [0, 0.1) is 11.3 Å². The molecule has 2 amide bonds. The van der Waals surface area contributed by atoms with Crippen LogP contribution in [-0.2, 0) is 9.59 Å². The molecule has 2 unspecified atom stereocenters. The molecule has 0 aromatic rings. The maximum absolute atomic E-state index is 12.0. The summed E-state index contributed by atoms with van der Waals surface area (Å²) in [5.74, 6) is -0.441. The van der Waals surface area contributed by atoms with Gasteiger partial charge in [-0.25, -0.2) is 0 Å². The van der Waals surface area contributed by atoms with Crippen molar-refractivity contribution >= 4 is 11.8 Å². The van der Waals surface area contributed by atoms with Crippen LogP contribution in [0.5, 0.6) is 0 Å². The van der Waals surface area contributed by atoms with E-state index >= 15 is 0 Å². The van der Waals surface area contributed by atoms with Crippen molar-refractivity contribution in [2.24, 2.45) is 17.1 Å². The highest BCUT2D eigenvalue weighted by Crippen LogP contribution is 2.19. The number of nitrogens with two attached hydrogens (primary N) is 1. The summed E-state index contributed by atoms with van der Waals surface area (Å²) in [4.78, 5) is 24.9. The van der Waals surface area contributed by atoms with Crippen molar-refractivity contribution in [1.82, 2.24) is 10.2 Å². The standard InChI is InChI=1S/C12H25N3O2/c1-8(10(16)14-5)7-15(6)11(17)9(13)12(2,3)4/h8-9H,7,13H2,1-6H3,(H,14,16). The zero-order valence-corrected chi connectivity index (χ0v) is 11.7. The maximum atomic E-state index is 12.0. The van der Waals surface area contributed by atoms with Gasteiger partial charge in [0, 0.05) is 20.6 Å². The second kappa shape index (κ2) is 6.00. The highest BCUT2D eigenvalue weighted by molar-refractivity contribution is 5.83. The van der Waals surface area contributed by atoms with E-state index < -0.39 is 6.04 Å². The minimum Gasteiger partial charge on any atom is -0.359 e. The number of hydrogen-bond donors (Lipinski definition) is 2. The molecule has 5 heteroatoms. The molecule has 0 saturated heterocycles. The zero-order chi connectivity index (χ0) is 13.8. The lowest BCUT2D eigenvalue weighted by Gasteiger charge is -2.30. The lowest BCUT2D eigenvalue weighted by atomic mass is 9.86. The first-order chi connectivity index (χ1) is 7.61. The summed E-state index contributed by atoms with van der Waals surface area (Å²) >= 11 is 0. The van der Waals surface area contributed by atoms with Crippen molar-refractivity contribution in [3.8, 4) is 0 Å². The average molecular weight is 243 g/mol. The molecule has 5 nitrogen and oxygen atoms in total. The van der Waals surface area contributed by atoms with Gasteiger partial charge < -0.3 is 16.0 Å². The number of likely N-dealkylation sites (N-methyl/N-ethyl adjacent to an activating group) is 1. The normalized spacial score (nSPS) is 15.0. The molecule has 17 heavy (non-hydrogen) atoms. The fourth-order valence-electron chi connectivity index (χ4n) is 1.44. The molecular weight excluding hydrogens is 218 g/mol. The van der Waals surface area contributed by atoms with E-state index in [1.807, 2.05) is 20.8 Å². The van der Waals surface area contributed by atoms with Crippen LogP contribution in [0.2, 0.25) is 0 Å². The molecule has 0 aromatic heterocycles. The number of amides is 2. The van der Waals surface area contributed by atoms with E-state index in [9.17, 15) is 9.59 Å². The molecule has 0 saturated carbocycles. The average Bonchev–Trinajstić information content (AvgIpc) is 2.24. The van der Waals surface area contributed by atoms with E-state index in [0.717, 1.165) is 0 Å². The summed E-state index contributed by atoms with van der Waals surface area (Å²) < 4.78 is 0. The molecular formula is C12H25N3O2. The maximum Gasteiger partial charge on any atom is 0.239 e. The third-order valence-electron chi connectivity index (χ3n) is 2.82. The quantitative estimate of drug-likeness (QED) is 0.740. The van der Waals surface area contributed by atoms with Gasteiger partial charge >= 0.3 is 0 Å². The summed E-state index contributed by atoms with van der Waals surface area (Å²) in [6.45, 7) is 7.93. The summed E-state index contributed by atoms with van der Waals surface area (Å²) in [5, 5.41) is 2.56. The first-order valence-electron chi connectivity index (χ1n) is 5.83. The lowest BCUT2D eigenvalue weighted by molar-refractivity contribution is -0.135. The Morgan fingerprint density at radius 2 is 1.82 bits per heavy atom. The Bertz CT molecular complexity index is 284. The summed E-state index contributed by atoms with van der Waals surface area (Å²) in [7, 11) is 3.26. The first-order valence-corrected chi connectivity index (χ1v) is 5.83. The van der Waals surface area contributed by atoms with Crippen LogP contribution in [0.3, 0.4) is 0 Å². The Hall–Kier alpha value is -1.10. The van der Waals surface area contributed by atoms with Gasteiger partial charge in [0.25, 0.3) is 0 Å². The van der Waals surface area contributed by atoms with E-state index in [1.165, 1.54) is 4.90 Å². The Balaban J connectivity index is 4.47. The second-order valence-electron chi connectivity index (χ2n) is 5.58. The van der Waals surface area contributed by atoms with Gasteiger partial charge in [0.1, 0.15) is 0 Å². The van der Waals surface area contributed by atoms with Crippen molar-refractivity contribution in [3.63, 3.8) is 0 Å². The Labute approximate surface area is 104 Å². The van der Waals surface area contributed by atoms with E-state index in [0.29, 0.717) is 6.54 Å². The predicted octanol–water partition coefficient (Wildman–Crippen LogP) is 0.200. The number of carbonyl (C=O) groups excluding carboxylic acids is 2. The van der Waals surface area contributed by atoms with Gasteiger partial charge in [0.05, 0.1) is 12.0 Å². The third kappa shape index (κ3) is 4.73. The predicted molar refractivity (Wildman–Crippen MR) is 68.3 cm³/mol. The van der Waals surface area contributed by atoms with Crippen LogP contribution in [0.25, 0.3) is 0 Å². The largest absolute Gasteiger partial charge is 0.359 e. The highest BCUT2D eigenvalue weighted by atomic mass is 16.2. The molecule has 0 rings (SSSR count). The Morgan fingerprint density at radius 3 is 2.18 bits per heavy atom. The van der Waals surface area contributed by atoms with Crippen molar-refractivity contribution in [1.29, 1.82) is 0 Å². The van der Waals surface area contributed by atoms with Crippen LogP contribution >= 0.6 is 0 Å². The number of nitrogens with one attached hydrogen (secondary N) is 1. The number of hydrogen-bond acceptors (Lipinski definition) is 3. The molecule has 0 spiro atoms. The van der Waals surface area contributed by atoms with Crippen LogP contribution in [0.15, 0.2) is 0 Å². The van der Waals surface area contributed by atoms with Crippen molar-refractivity contribution in [2.45, 2.75) is 33.7 Å². The Kier molecular flexibility index (Phi) is 5.61. The molecule has 2 atom stereocenters. The third-order valence-corrected chi connectivity index (χ3v) is 2.82. The van der Waals surface area contributed by atoms with E-state index in [2.05, 4.69) is 5.32 Å². The van der Waals surface area contributed by atoms with Crippen molar-refractivity contribution < 1.29 is 9.59 Å². The van der Waals surface area contributed by atoms with Gasteiger partial charge in [-0.1, -0.05) is 27.7 Å². The van der Waals surface area contributed by atoms with E-state index in [-0.39, 0.29) is 23.1 Å². The Morgan fingerprint density at radius 1 is 1.35 bits per heavy atom. The second-order valence-corrected chi connectivity index (χ2v) is 5.58. The smallest absolute Gasteiger partial charge is 0.239 e. The van der Waals surface area contributed by atoms with Crippen molar-refractivity contribution in [3.05, 3.63) is 0 Å². The van der Waals surface area contributed by atoms with Crippen LogP contribution in [-0.4, -0.2) is 43.4 Å². The molecule has 100 valence electrons. The summed E-state index contributed by atoms with van der Waals surface area (Å²) in [6, 6.07) is -0.551. The molecule has 0 aliphatic heterocycles.